The number of nitrogens with zero attached hydrogens (tertiary/aromatic N) is 2. The van der Waals surface area contributed by atoms with Gasteiger partial charge < -0.3 is 10.1 Å². The SMILES string of the molecule is CCOC(CC)(CC)C(NC)c1cnn(CC)c1. The Labute approximate surface area is 111 Å². The molecule has 1 aromatic rings. The minimum absolute atomic E-state index is 0.148. The fourth-order valence-electron chi connectivity index (χ4n) is 2.67. The van der Waals surface area contributed by atoms with Crippen molar-refractivity contribution in [2.75, 3.05) is 13.7 Å². The fraction of sp³-hybridized carbons (Fsp3) is 0.786. The van der Waals surface area contributed by atoms with Crippen molar-refractivity contribution in [2.24, 2.45) is 0 Å². The molecule has 0 radical (unpaired) electrons. The van der Waals surface area contributed by atoms with Gasteiger partial charge in [-0.1, -0.05) is 13.8 Å². The van der Waals surface area contributed by atoms with Gasteiger partial charge in [0.05, 0.1) is 17.8 Å². The monoisotopic (exact) mass is 253 g/mol. The highest BCUT2D eigenvalue weighted by Gasteiger charge is 2.37. The summed E-state index contributed by atoms with van der Waals surface area (Å²) < 4.78 is 8.04. The largest absolute Gasteiger partial charge is 0.373 e. The van der Waals surface area contributed by atoms with Crippen molar-refractivity contribution in [3.05, 3.63) is 18.0 Å². The molecule has 1 aromatic heterocycles. The lowest BCUT2D eigenvalue weighted by Gasteiger charge is -2.39. The molecule has 0 saturated carbocycles. The van der Waals surface area contributed by atoms with Crippen molar-refractivity contribution in [2.45, 2.75) is 58.7 Å². The van der Waals surface area contributed by atoms with E-state index in [-0.39, 0.29) is 11.6 Å². The average molecular weight is 253 g/mol. The van der Waals surface area contributed by atoms with Crippen molar-refractivity contribution < 1.29 is 4.74 Å². The molecule has 0 spiro atoms. The second-order valence-corrected chi connectivity index (χ2v) is 4.56. The molecule has 1 unspecified atom stereocenters. The van der Waals surface area contributed by atoms with Gasteiger partial charge in [0.1, 0.15) is 0 Å². The number of aromatic nitrogens is 2. The maximum atomic E-state index is 6.08. The molecule has 1 atom stereocenters. The molecular weight excluding hydrogens is 226 g/mol. The Morgan fingerprint density at radius 1 is 1.33 bits per heavy atom. The van der Waals surface area contributed by atoms with E-state index in [4.69, 9.17) is 4.74 Å². The first-order chi connectivity index (χ1) is 8.67. The highest BCUT2D eigenvalue weighted by atomic mass is 16.5. The lowest BCUT2D eigenvalue weighted by Crippen LogP contribution is -2.44. The molecule has 4 heteroatoms. The Hall–Kier alpha value is -0.870. The number of ether oxygens (including phenoxy) is 1. The van der Waals surface area contributed by atoms with Gasteiger partial charge in [0.25, 0.3) is 0 Å². The molecule has 0 aliphatic rings. The van der Waals surface area contributed by atoms with E-state index >= 15 is 0 Å². The van der Waals surface area contributed by atoms with E-state index in [1.165, 1.54) is 5.56 Å². The number of aryl methyl sites for hydroxylation is 1. The van der Waals surface area contributed by atoms with Crippen molar-refractivity contribution in [1.82, 2.24) is 15.1 Å². The van der Waals surface area contributed by atoms with E-state index in [0.717, 1.165) is 26.0 Å². The lowest BCUT2D eigenvalue weighted by molar-refractivity contribution is -0.0718. The van der Waals surface area contributed by atoms with Crippen LogP contribution in [0.3, 0.4) is 0 Å². The normalized spacial score (nSPS) is 13.8. The van der Waals surface area contributed by atoms with Gasteiger partial charge in [-0.3, -0.25) is 4.68 Å². The van der Waals surface area contributed by atoms with Crippen LogP contribution in [0.15, 0.2) is 12.4 Å². The molecule has 0 fully saturated rings. The minimum atomic E-state index is -0.148. The first-order valence-electron chi connectivity index (χ1n) is 7.00. The van der Waals surface area contributed by atoms with Crippen LogP contribution in [0.2, 0.25) is 0 Å². The Kier molecular flexibility index (Phi) is 5.82. The standard InChI is InChI=1S/C14H27N3O/c1-6-14(7-2,18-9-4)13(15-5)12-10-16-17(8-3)11-12/h10-11,13,15H,6-9H2,1-5H3. The van der Waals surface area contributed by atoms with Gasteiger partial charge in [-0.2, -0.15) is 5.10 Å². The van der Waals surface area contributed by atoms with Crippen LogP contribution in [0.4, 0.5) is 0 Å². The van der Waals surface area contributed by atoms with Crippen LogP contribution >= 0.6 is 0 Å². The van der Waals surface area contributed by atoms with Crippen LogP contribution in [-0.4, -0.2) is 29.0 Å². The van der Waals surface area contributed by atoms with Crippen LogP contribution < -0.4 is 5.32 Å². The third kappa shape index (κ3) is 2.93. The van der Waals surface area contributed by atoms with Gasteiger partial charge in [0, 0.05) is 24.9 Å². The zero-order valence-electron chi connectivity index (χ0n) is 12.4. The number of nitrogens with one attached hydrogen (secondary N) is 1. The molecule has 0 saturated heterocycles. The molecule has 4 nitrogen and oxygen atoms in total. The third-order valence-electron chi connectivity index (χ3n) is 3.75. The zero-order chi connectivity index (χ0) is 13.6. The van der Waals surface area contributed by atoms with E-state index in [1.54, 1.807) is 0 Å². The smallest absolute Gasteiger partial charge is 0.0871 e. The fourth-order valence-corrected chi connectivity index (χ4v) is 2.67. The molecular formula is C14H27N3O. The maximum Gasteiger partial charge on any atom is 0.0871 e. The van der Waals surface area contributed by atoms with Crippen molar-refractivity contribution in [3.8, 4) is 0 Å². The summed E-state index contributed by atoms with van der Waals surface area (Å²) in [6.45, 7) is 10.2. The molecule has 0 amide bonds. The summed E-state index contributed by atoms with van der Waals surface area (Å²) >= 11 is 0. The van der Waals surface area contributed by atoms with Gasteiger partial charge in [0.2, 0.25) is 0 Å². The van der Waals surface area contributed by atoms with Gasteiger partial charge >= 0.3 is 0 Å². The lowest BCUT2D eigenvalue weighted by atomic mass is 9.85. The molecule has 0 aliphatic carbocycles. The van der Waals surface area contributed by atoms with Crippen molar-refractivity contribution >= 4 is 0 Å². The molecule has 0 aliphatic heterocycles. The van der Waals surface area contributed by atoms with Crippen LogP contribution in [0.5, 0.6) is 0 Å². The molecule has 18 heavy (non-hydrogen) atoms. The summed E-state index contributed by atoms with van der Waals surface area (Å²) in [4.78, 5) is 0. The summed E-state index contributed by atoms with van der Waals surface area (Å²) in [6.07, 6.45) is 6.03. The van der Waals surface area contributed by atoms with E-state index < -0.39 is 0 Å². The number of rotatable bonds is 8. The third-order valence-corrected chi connectivity index (χ3v) is 3.75. The van der Waals surface area contributed by atoms with Crippen molar-refractivity contribution in [1.29, 1.82) is 0 Å². The summed E-state index contributed by atoms with van der Waals surface area (Å²) in [5.41, 5.74) is 1.06. The highest BCUT2D eigenvalue weighted by Crippen LogP contribution is 2.35. The molecule has 0 bridgehead atoms. The molecule has 1 heterocycles. The number of hydrogen-bond donors (Lipinski definition) is 1. The zero-order valence-corrected chi connectivity index (χ0v) is 12.4. The van der Waals surface area contributed by atoms with Crippen LogP contribution in [0.25, 0.3) is 0 Å². The van der Waals surface area contributed by atoms with Crippen LogP contribution in [0, 0.1) is 0 Å². The quantitative estimate of drug-likeness (QED) is 0.774. The minimum Gasteiger partial charge on any atom is -0.373 e. The van der Waals surface area contributed by atoms with E-state index in [1.807, 2.05) is 17.9 Å². The molecule has 1 rings (SSSR count). The van der Waals surface area contributed by atoms with Gasteiger partial charge in [-0.25, -0.2) is 0 Å². The van der Waals surface area contributed by atoms with E-state index in [2.05, 4.69) is 44.3 Å². The van der Waals surface area contributed by atoms with Gasteiger partial charge in [0.15, 0.2) is 0 Å². The van der Waals surface area contributed by atoms with E-state index in [9.17, 15) is 0 Å². The predicted octanol–water partition coefficient (Wildman–Crippen LogP) is 2.76. The first kappa shape index (κ1) is 15.2. The van der Waals surface area contributed by atoms with Gasteiger partial charge in [-0.05, 0) is 33.7 Å². The highest BCUT2D eigenvalue weighted by molar-refractivity contribution is 5.16. The Bertz CT molecular complexity index is 345. The van der Waals surface area contributed by atoms with Gasteiger partial charge in [-0.15, -0.1) is 0 Å². The van der Waals surface area contributed by atoms with Crippen LogP contribution in [-0.2, 0) is 11.3 Å². The Balaban J connectivity index is 3.04. The maximum absolute atomic E-state index is 6.08. The topological polar surface area (TPSA) is 39.1 Å². The molecule has 1 N–H and O–H groups in total. The summed E-state index contributed by atoms with van der Waals surface area (Å²) in [6, 6.07) is 0.188. The van der Waals surface area contributed by atoms with Crippen molar-refractivity contribution in [3.63, 3.8) is 0 Å². The van der Waals surface area contributed by atoms with E-state index in [0.29, 0.717) is 0 Å². The Morgan fingerprint density at radius 2 is 2.00 bits per heavy atom. The average Bonchev–Trinajstić information content (AvgIpc) is 2.87. The molecule has 0 aromatic carbocycles. The number of likely N-dealkylation sites (N-methyl/N-ethyl adjacent to an activating group) is 1. The molecule has 104 valence electrons. The summed E-state index contributed by atoms with van der Waals surface area (Å²) in [7, 11) is 1.99. The first-order valence-corrected chi connectivity index (χ1v) is 7.00. The summed E-state index contributed by atoms with van der Waals surface area (Å²) in [5.74, 6) is 0. The second-order valence-electron chi connectivity index (χ2n) is 4.56. The second kappa shape index (κ2) is 6.90. The summed E-state index contributed by atoms with van der Waals surface area (Å²) in [5, 5.41) is 7.77. The van der Waals surface area contributed by atoms with Crippen LogP contribution in [0.1, 0.15) is 52.1 Å². The Morgan fingerprint density at radius 3 is 2.39 bits per heavy atom. The predicted molar refractivity (Wildman–Crippen MR) is 74.6 cm³/mol. The number of hydrogen-bond acceptors (Lipinski definition) is 3.